The number of carbonyl (C=O) groups is 2. The van der Waals surface area contributed by atoms with Gasteiger partial charge in [-0.15, -0.1) is 0 Å². The van der Waals surface area contributed by atoms with Crippen molar-refractivity contribution in [2.45, 2.75) is 39.5 Å². The lowest BCUT2D eigenvalue weighted by Gasteiger charge is -2.12. The van der Waals surface area contributed by atoms with E-state index in [0.717, 1.165) is 47.9 Å². The molecule has 6 heteroatoms. The predicted octanol–water partition coefficient (Wildman–Crippen LogP) is 7.31. The van der Waals surface area contributed by atoms with Crippen molar-refractivity contribution in [3.63, 3.8) is 0 Å². The number of nitrogens with two attached hydrogens (primary N) is 1. The van der Waals surface area contributed by atoms with Gasteiger partial charge in [-0.2, -0.15) is 0 Å². The molecule has 0 fully saturated rings. The normalized spacial score (nSPS) is 10.7. The zero-order chi connectivity index (χ0) is 28.3. The van der Waals surface area contributed by atoms with Crippen LogP contribution in [0.4, 0.5) is 0 Å². The smallest absolute Gasteiger partial charge is 0.347 e. The fourth-order valence-electron chi connectivity index (χ4n) is 4.15. The Labute approximate surface area is 235 Å². The molecule has 0 unspecified atom stereocenters. The summed E-state index contributed by atoms with van der Waals surface area (Å²) < 4.78 is 17.1. The summed E-state index contributed by atoms with van der Waals surface area (Å²) in [6, 6.07) is 27.3. The van der Waals surface area contributed by atoms with Crippen LogP contribution in [-0.2, 0) is 0 Å². The summed E-state index contributed by atoms with van der Waals surface area (Å²) in [7, 11) is 0. The lowest BCUT2D eigenvalue weighted by Crippen LogP contribution is -2.11. The first-order valence-electron chi connectivity index (χ1n) is 13.6. The van der Waals surface area contributed by atoms with Gasteiger partial charge in [0.15, 0.2) is 0 Å². The fraction of sp³-hybridized carbons (Fsp3) is 0.235. The third kappa shape index (κ3) is 8.04. The van der Waals surface area contributed by atoms with Crippen LogP contribution in [0.15, 0.2) is 91.0 Å². The molecule has 0 aromatic heterocycles. The maximum atomic E-state index is 13.0. The molecule has 40 heavy (non-hydrogen) atoms. The van der Waals surface area contributed by atoms with E-state index in [-0.39, 0.29) is 0 Å². The molecule has 4 rings (SSSR count). The number of hydrogen-bond acceptors (Lipinski definition) is 6. The molecule has 6 nitrogen and oxygen atoms in total. The maximum absolute atomic E-state index is 13.0. The van der Waals surface area contributed by atoms with Crippen LogP contribution in [0.2, 0.25) is 0 Å². The van der Waals surface area contributed by atoms with E-state index in [1.807, 2.05) is 62.4 Å². The Bertz CT molecular complexity index is 1410. The molecule has 0 aliphatic carbocycles. The highest BCUT2D eigenvalue weighted by molar-refractivity contribution is 5.94. The van der Waals surface area contributed by atoms with Crippen molar-refractivity contribution in [2.75, 3.05) is 13.2 Å². The van der Waals surface area contributed by atoms with Crippen LogP contribution in [0.25, 0.3) is 11.1 Å². The molecule has 4 aromatic carbocycles. The number of aryl methyl sites for hydroxylation is 2. The van der Waals surface area contributed by atoms with Crippen LogP contribution < -0.4 is 19.9 Å². The molecule has 4 aromatic rings. The van der Waals surface area contributed by atoms with Gasteiger partial charge in [0, 0.05) is 0 Å². The van der Waals surface area contributed by atoms with Gasteiger partial charge in [0.05, 0.1) is 12.2 Å². The second kappa shape index (κ2) is 14.1. The molecule has 0 spiro atoms. The molecule has 0 saturated heterocycles. The lowest BCUT2D eigenvalue weighted by molar-refractivity contribution is 0.0722. The summed E-state index contributed by atoms with van der Waals surface area (Å²) in [5, 5.41) is 0. The van der Waals surface area contributed by atoms with Crippen LogP contribution in [0.1, 0.15) is 57.5 Å². The molecule has 0 atom stereocenters. The average molecular weight is 538 g/mol. The van der Waals surface area contributed by atoms with Gasteiger partial charge in [-0.25, -0.2) is 9.59 Å². The first kappa shape index (κ1) is 28.6. The third-order valence-electron chi connectivity index (χ3n) is 6.46. The van der Waals surface area contributed by atoms with Crippen molar-refractivity contribution in [1.82, 2.24) is 0 Å². The molecule has 0 saturated carbocycles. The van der Waals surface area contributed by atoms with Crippen LogP contribution in [0, 0.1) is 13.8 Å². The standard InChI is InChI=1S/C34H35NO5/c1-24-7-10-28(11-8-24)33(36)39-29-16-12-26(13-17-29)27-14-18-30(19-15-27)40-34(37)31-20-9-25(2)23-32(31)38-22-6-4-3-5-21-35/h7-20,23H,3-6,21-22,35H2,1-2H3. The van der Waals surface area contributed by atoms with Gasteiger partial charge in [-0.3, -0.25) is 0 Å². The monoisotopic (exact) mass is 537 g/mol. The Balaban J connectivity index is 1.35. The number of ether oxygens (including phenoxy) is 3. The van der Waals surface area contributed by atoms with Crippen LogP contribution in [0.3, 0.4) is 0 Å². The van der Waals surface area contributed by atoms with Gasteiger partial charge in [0.25, 0.3) is 0 Å². The summed E-state index contributed by atoms with van der Waals surface area (Å²) in [5.41, 5.74) is 10.4. The van der Waals surface area contributed by atoms with Crippen molar-refractivity contribution >= 4 is 11.9 Å². The Hall–Kier alpha value is -4.42. The molecular formula is C34H35NO5. The van der Waals surface area contributed by atoms with E-state index in [1.165, 1.54) is 0 Å². The summed E-state index contributed by atoms with van der Waals surface area (Å²) in [6.45, 7) is 5.16. The SMILES string of the molecule is Cc1ccc(C(=O)Oc2ccc(-c3ccc(OC(=O)c4ccc(C)cc4OCCCCCCN)cc3)cc2)cc1. The molecule has 0 aliphatic rings. The van der Waals surface area contributed by atoms with E-state index >= 15 is 0 Å². The first-order valence-corrected chi connectivity index (χ1v) is 13.6. The molecule has 2 N–H and O–H groups in total. The Morgan fingerprint density at radius 3 is 1.77 bits per heavy atom. The van der Waals surface area contributed by atoms with Gasteiger partial charge in [0.2, 0.25) is 0 Å². The summed E-state index contributed by atoms with van der Waals surface area (Å²) in [4.78, 5) is 25.3. The second-order valence-electron chi connectivity index (χ2n) is 9.74. The minimum Gasteiger partial charge on any atom is -0.493 e. The van der Waals surface area contributed by atoms with Crippen LogP contribution >= 0.6 is 0 Å². The van der Waals surface area contributed by atoms with Gasteiger partial charge in [-0.05, 0) is 98.5 Å². The second-order valence-corrected chi connectivity index (χ2v) is 9.74. The zero-order valence-corrected chi connectivity index (χ0v) is 23.0. The van der Waals surface area contributed by atoms with E-state index in [9.17, 15) is 9.59 Å². The molecule has 0 radical (unpaired) electrons. The summed E-state index contributed by atoms with van der Waals surface area (Å²) >= 11 is 0. The van der Waals surface area contributed by atoms with Crippen molar-refractivity contribution in [3.8, 4) is 28.4 Å². The van der Waals surface area contributed by atoms with E-state index in [1.54, 1.807) is 42.5 Å². The largest absolute Gasteiger partial charge is 0.493 e. The quantitative estimate of drug-likeness (QED) is 0.116. The van der Waals surface area contributed by atoms with Crippen molar-refractivity contribution in [1.29, 1.82) is 0 Å². The Morgan fingerprint density at radius 2 is 1.18 bits per heavy atom. The van der Waals surface area contributed by atoms with Gasteiger partial charge >= 0.3 is 11.9 Å². The third-order valence-corrected chi connectivity index (χ3v) is 6.46. The number of benzene rings is 4. The topological polar surface area (TPSA) is 87.8 Å². The number of hydrogen-bond donors (Lipinski definition) is 1. The van der Waals surface area contributed by atoms with Crippen LogP contribution in [0.5, 0.6) is 17.2 Å². The molecular weight excluding hydrogens is 502 g/mol. The fourth-order valence-corrected chi connectivity index (χ4v) is 4.15. The zero-order valence-electron chi connectivity index (χ0n) is 23.0. The molecule has 0 aliphatic heterocycles. The molecule has 0 amide bonds. The Kier molecular flexibility index (Phi) is 10.1. The highest BCUT2D eigenvalue weighted by Gasteiger charge is 2.16. The highest BCUT2D eigenvalue weighted by Crippen LogP contribution is 2.27. The van der Waals surface area contributed by atoms with E-state index in [0.29, 0.717) is 41.5 Å². The minimum absolute atomic E-state index is 0.396. The van der Waals surface area contributed by atoms with Gasteiger partial charge < -0.3 is 19.9 Å². The van der Waals surface area contributed by atoms with E-state index in [2.05, 4.69) is 0 Å². The number of rotatable bonds is 12. The van der Waals surface area contributed by atoms with E-state index < -0.39 is 11.9 Å². The van der Waals surface area contributed by atoms with Crippen LogP contribution in [-0.4, -0.2) is 25.1 Å². The highest BCUT2D eigenvalue weighted by atomic mass is 16.5. The van der Waals surface area contributed by atoms with Crippen molar-refractivity contribution < 1.29 is 23.8 Å². The van der Waals surface area contributed by atoms with E-state index in [4.69, 9.17) is 19.9 Å². The molecule has 0 heterocycles. The Morgan fingerprint density at radius 1 is 0.625 bits per heavy atom. The summed E-state index contributed by atoms with van der Waals surface area (Å²) in [5.74, 6) is 0.565. The molecule has 0 bridgehead atoms. The molecule has 206 valence electrons. The minimum atomic E-state index is -0.467. The summed E-state index contributed by atoms with van der Waals surface area (Å²) in [6.07, 6.45) is 4.02. The number of esters is 2. The van der Waals surface area contributed by atoms with Gasteiger partial charge in [0.1, 0.15) is 22.8 Å². The first-order chi connectivity index (χ1) is 19.4. The lowest BCUT2D eigenvalue weighted by atomic mass is 10.1. The number of unbranched alkanes of at least 4 members (excludes halogenated alkanes) is 3. The van der Waals surface area contributed by atoms with Crippen molar-refractivity contribution in [2.24, 2.45) is 5.73 Å². The van der Waals surface area contributed by atoms with Crippen molar-refractivity contribution in [3.05, 3.63) is 113 Å². The maximum Gasteiger partial charge on any atom is 0.347 e. The average Bonchev–Trinajstić information content (AvgIpc) is 2.96. The number of carbonyl (C=O) groups excluding carboxylic acids is 2. The van der Waals surface area contributed by atoms with Gasteiger partial charge in [-0.1, -0.05) is 60.9 Å². The predicted molar refractivity (Wildman–Crippen MR) is 157 cm³/mol.